The van der Waals surface area contributed by atoms with Crippen LogP contribution in [-0.2, 0) is 9.53 Å². The first-order chi connectivity index (χ1) is 8.22. The van der Waals surface area contributed by atoms with Crippen LogP contribution >= 0.6 is 0 Å². The monoisotopic (exact) mass is 238 g/mol. The van der Waals surface area contributed by atoms with Crippen LogP contribution in [0.3, 0.4) is 0 Å². The molecule has 0 atom stereocenters. The van der Waals surface area contributed by atoms with E-state index in [1.807, 2.05) is 0 Å². The summed E-state index contributed by atoms with van der Waals surface area (Å²) >= 11 is 0. The van der Waals surface area contributed by atoms with E-state index in [4.69, 9.17) is 16.7 Å². The maximum absolute atomic E-state index is 11.5. The second kappa shape index (κ2) is 10.8. The second-order valence-corrected chi connectivity index (χ2v) is 3.48. The quantitative estimate of drug-likeness (QED) is 0.201. The number of rotatable bonds is 9. The number of nitrogens with zero attached hydrogens (tertiary/aromatic N) is 4. The van der Waals surface area contributed by atoms with Gasteiger partial charge in [-0.15, -0.1) is 6.42 Å². The van der Waals surface area contributed by atoms with Gasteiger partial charge in [0.1, 0.15) is 6.61 Å². The fraction of sp³-hybridized carbons (Fsp3) is 0.727. The van der Waals surface area contributed by atoms with E-state index in [1.54, 1.807) is 11.9 Å². The summed E-state index contributed by atoms with van der Waals surface area (Å²) in [5, 5.41) is 3.37. The molecule has 0 aliphatic carbocycles. The van der Waals surface area contributed by atoms with Gasteiger partial charge in [0, 0.05) is 38.1 Å². The van der Waals surface area contributed by atoms with Gasteiger partial charge in [-0.3, -0.25) is 4.79 Å². The first-order valence-electron chi connectivity index (χ1n) is 5.48. The zero-order valence-corrected chi connectivity index (χ0v) is 10.1. The highest BCUT2D eigenvalue weighted by molar-refractivity contribution is 5.75. The van der Waals surface area contributed by atoms with Gasteiger partial charge in [0.05, 0.1) is 0 Å². The molecule has 0 aromatic heterocycles. The molecule has 0 aromatic rings. The molecule has 0 heterocycles. The molecule has 0 spiro atoms. The van der Waals surface area contributed by atoms with E-state index in [9.17, 15) is 4.79 Å². The lowest BCUT2D eigenvalue weighted by atomic mass is 10.2. The maximum atomic E-state index is 11.5. The summed E-state index contributed by atoms with van der Waals surface area (Å²) < 4.78 is 5.10. The largest absolute Gasteiger partial charge is 0.369 e. The van der Waals surface area contributed by atoms with Crippen LogP contribution < -0.4 is 0 Å². The van der Waals surface area contributed by atoms with Crippen molar-refractivity contribution in [2.75, 3.05) is 33.4 Å². The Morgan fingerprint density at radius 2 is 2.35 bits per heavy atom. The Morgan fingerprint density at radius 3 is 3.00 bits per heavy atom. The molecule has 0 aliphatic heterocycles. The number of amides is 1. The zero-order chi connectivity index (χ0) is 12.9. The van der Waals surface area contributed by atoms with E-state index in [0.717, 1.165) is 6.42 Å². The first-order valence-corrected chi connectivity index (χ1v) is 5.48. The summed E-state index contributed by atoms with van der Waals surface area (Å²) in [7, 11) is 1.75. The van der Waals surface area contributed by atoms with Crippen LogP contribution in [0.2, 0.25) is 0 Å². The van der Waals surface area contributed by atoms with Crippen LogP contribution in [0, 0.1) is 12.3 Å². The van der Waals surface area contributed by atoms with Crippen LogP contribution in [0.1, 0.15) is 19.3 Å². The Balaban J connectivity index is 3.53. The van der Waals surface area contributed by atoms with Crippen LogP contribution in [0.4, 0.5) is 0 Å². The van der Waals surface area contributed by atoms with Crippen molar-refractivity contribution in [3.63, 3.8) is 0 Å². The lowest BCUT2D eigenvalue weighted by Gasteiger charge is -2.16. The van der Waals surface area contributed by atoms with Crippen molar-refractivity contribution >= 4 is 5.91 Å². The molecule has 0 unspecified atom stereocenters. The van der Waals surface area contributed by atoms with Gasteiger partial charge in [-0.05, 0) is 18.4 Å². The van der Waals surface area contributed by atoms with Crippen molar-refractivity contribution < 1.29 is 9.53 Å². The van der Waals surface area contributed by atoms with Crippen molar-refractivity contribution in [1.82, 2.24) is 4.90 Å². The highest BCUT2D eigenvalue weighted by atomic mass is 16.5. The van der Waals surface area contributed by atoms with Gasteiger partial charge in [-0.25, -0.2) is 0 Å². The summed E-state index contributed by atoms with van der Waals surface area (Å²) in [5.74, 6) is 2.43. The van der Waals surface area contributed by atoms with E-state index in [0.29, 0.717) is 39.1 Å². The van der Waals surface area contributed by atoms with Gasteiger partial charge in [0.25, 0.3) is 0 Å². The van der Waals surface area contributed by atoms with Crippen LogP contribution in [-0.4, -0.2) is 44.2 Å². The molecule has 0 fully saturated rings. The minimum atomic E-state index is 0.0510. The highest BCUT2D eigenvalue weighted by Crippen LogP contribution is 1.98. The fourth-order valence-corrected chi connectivity index (χ4v) is 1.20. The Labute approximate surface area is 102 Å². The SMILES string of the molecule is C#CCOCCCN(C)C(=O)CCCN=[N+]=[N-]. The van der Waals surface area contributed by atoms with Crippen LogP contribution in [0.15, 0.2) is 5.11 Å². The summed E-state index contributed by atoms with van der Waals surface area (Å²) in [4.78, 5) is 15.8. The van der Waals surface area contributed by atoms with Crippen molar-refractivity contribution in [2.45, 2.75) is 19.3 Å². The third-order valence-electron chi connectivity index (χ3n) is 2.11. The maximum Gasteiger partial charge on any atom is 0.222 e. The first kappa shape index (κ1) is 15.3. The summed E-state index contributed by atoms with van der Waals surface area (Å²) in [6.45, 7) is 1.87. The number of carbonyl (C=O) groups excluding carboxylic acids is 1. The molecular weight excluding hydrogens is 220 g/mol. The molecular formula is C11H18N4O2. The Kier molecular flexibility index (Phi) is 9.73. The normalized spacial score (nSPS) is 9.18. The minimum Gasteiger partial charge on any atom is -0.369 e. The lowest BCUT2D eigenvalue weighted by Crippen LogP contribution is -2.28. The molecule has 17 heavy (non-hydrogen) atoms. The highest BCUT2D eigenvalue weighted by Gasteiger charge is 2.07. The molecule has 0 rings (SSSR count). The van der Waals surface area contributed by atoms with E-state index in [-0.39, 0.29) is 5.91 Å². The van der Waals surface area contributed by atoms with E-state index < -0.39 is 0 Å². The molecule has 0 bridgehead atoms. The predicted octanol–water partition coefficient (Wildman–Crippen LogP) is 1.58. The predicted molar refractivity (Wildman–Crippen MR) is 65.2 cm³/mol. The molecule has 6 heteroatoms. The lowest BCUT2D eigenvalue weighted by molar-refractivity contribution is -0.130. The number of hydrogen-bond acceptors (Lipinski definition) is 3. The summed E-state index contributed by atoms with van der Waals surface area (Å²) in [5.41, 5.74) is 8.06. The second-order valence-electron chi connectivity index (χ2n) is 3.48. The molecule has 0 aromatic carbocycles. The molecule has 0 aliphatic rings. The Bertz CT molecular complexity index is 305. The molecule has 0 N–H and O–H groups in total. The molecule has 0 saturated carbocycles. The van der Waals surface area contributed by atoms with Crippen molar-refractivity contribution in [3.8, 4) is 12.3 Å². The van der Waals surface area contributed by atoms with Gasteiger partial charge in [-0.2, -0.15) is 0 Å². The van der Waals surface area contributed by atoms with Crippen molar-refractivity contribution in [1.29, 1.82) is 0 Å². The van der Waals surface area contributed by atoms with Gasteiger partial charge < -0.3 is 9.64 Å². The molecule has 6 nitrogen and oxygen atoms in total. The average molecular weight is 238 g/mol. The average Bonchev–Trinajstić information content (AvgIpc) is 2.34. The molecule has 94 valence electrons. The van der Waals surface area contributed by atoms with Gasteiger partial charge in [0.2, 0.25) is 5.91 Å². The number of ether oxygens (including phenoxy) is 1. The Morgan fingerprint density at radius 1 is 1.59 bits per heavy atom. The molecule has 0 saturated heterocycles. The number of hydrogen-bond donors (Lipinski definition) is 0. The summed E-state index contributed by atoms with van der Waals surface area (Å²) in [6, 6.07) is 0. The topological polar surface area (TPSA) is 78.3 Å². The third-order valence-corrected chi connectivity index (χ3v) is 2.11. The minimum absolute atomic E-state index is 0.0510. The number of carbonyl (C=O) groups is 1. The molecule has 1 amide bonds. The Hall–Kier alpha value is -1.70. The van der Waals surface area contributed by atoms with Crippen LogP contribution in [0.25, 0.3) is 10.4 Å². The zero-order valence-electron chi connectivity index (χ0n) is 10.1. The van der Waals surface area contributed by atoms with Crippen molar-refractivity contribution in [2.24, 2.45) is 5.11 Å². The number of terminal acetylenes is 1. The van der Waals surface area contributed by atoms with E-state index >= 15 is 0 Å². The van der Waals surface area contributed by atoms with E-state index in [2.05, 4.69) is 15.9 Å². The smallest absolute Gasteiger partial charge is 0.222 e. The standard InChI is InChI=1S/C11H18N4O2/c1-3-9-17-10-5-8-15(2)11(16)6-4-7-13-14-12/h1H,4-10H2,2H3. The number of azide groups is 1. The fourth-order valence-electron chi connectivity index (χ4n) is 1.20. The van der Waals surface area contributed by atoms with Crippen molar-refractivity contribution in [3.05, 3.63) is 10.4 Å². The van der Waals surface area contributed by atoms with Gasteiger partial charge >= 0.3 is 0 Å². The van der Waals surface area contributed by atoms with Gasteiger partial charge in [-0.1, -0.05) is 11.0 Å². The summed E-state index contributed by atoms with van der Waals surface area (Å²) in [6.07, 6.45) is 6.78. The van der Waals surface area contributed by atoms with Gasteiger partial charge in [0.15, 0.2) is 0 Å². The van der Waals surface area contributed by atoms with E-state index in [1.165, 1.54) is 0 Å². The molecule has 0 radical (unpaired) electrons. The third kappa shape index (κ3) is 9.24. The van der Waals surface area contributed by atoms with Crippen LogP contribution in [0.5, 0.6) is 0 Å².